The molecule has 0 bridgehead atoms. The second kappa shape index (κ2) is 7.86. The highest BCUT2D eigenvalue weighted by atomic mass is 79.9. The Morgan fingerprint density at radius 2 is 2.00 bits per heavy atom. The summed E-state index contributed by atoms with van der Waals surface area (Å²) in [5, 5.41) is 15.9. The van der Waals surface area contributed by atoms with E-state index in [1.165, 1.54) is 0 Å². The van der Waals surface area contributed by atoms with Crippen LogP contribution in [0, 0.1) is 20.8 Å². The second-order valence-corrected chi connectivity index (χ2v) is 6.96. The van der Waals surface area contributed by atoms with E-state index in [-0.39, 0.29) is 5.91 Å². The van der Waals surface area contributed by atoms with Crippen molar-refractivity contribution in [3.63, 3.8) is 0 Å². The molecule has 0 radical (unpaired) electrons. The maximum Gasteiger partial charge on any atom is 0.271 e. The van der Waals surface area contributed by atoms with E-state index in [0.717, 1.165) is 34.5 Å². The lowest BCUT2D eigenvalue weighted by atomic mass is 10.3. The van der Waals surface area contributed by atoms with Crippen molar-refractivity contribution in [1.29, 1.82) is 0 Å². The lowest BCUT2D eigenvalue weighted by Crippen LogP contribution is -2.26. The fourth-order valence-electron chi connectivity index (χ4n) is 2.67. The third kappa shape index (κ3) is 4.04. The number of aryl methyl sites for hydroxylation is 3. The van der Waals surface area contributed by atoms with Gasteiger partial charge in [-0.25, -0.2) is 4.68 Å². The summed E-state index contributed by atoms with van der Waals surface area (Å²) in [6.45, 7) is 7.77. The first-order valence-electron chi connectivity index (χ1n) is 8.45. The van der Waals surface area contributed by atoms with Crippen LogP contribution >= 0.6 is 15.9 Å². The van der Waals surface area contributed by atoms with Crippen LogP contribution in [0.3, 0.4) is 0 Å². The van der Waals surface area contributed by atoms with Gasteiger partial charge in [0.1, 0.15) is 12.4 Å². The molecule has 0 fully saturated rings. The number of nitrogens with one attached hydrogen (secondary N) is 1. The van der Waals surface area contributed by atoms with E-state index < -0.39 is 0 Å². The number of carbonyl (C=O) groups excluding carboxylic acids is 1. The van der Waals surface area contributed by atoms with Crippen LogP contribution in [0.15, 0.2) is 29.0 Å². The van der Waals surface area contributed by atoms with E-state index in [2.05, 4.69) is 36.5 Å². The highest BCUT2D eigenvalue weighted by Crippen LogP contribution is 2.19. The Kier molecular flexibility index (Phi) is 5.55. The van der Waals surface area contributed by atoms with Gasteiger partial charge in [0, 0.05) is 31.2 Å². The molecule has 0 saturated carbocycles. The van der Waals surface area contributed by atoms with Crippen molar-refractivity contribution in [3.8, 4) is 0 Å². The van der Waals surface area contributed by atoms with Gasteiger partial charge in [-0.15, -0.1) is 0 Å². The van der Waals surface area contributed by atoms with Crippen LogP contribution < -0.4 is 5.32 Å². The molecule has 0 atom stereocenters. The van der Waals surface area contributed by atoms with Crippen LogP contribution in [-0.4, -0.2) is 41.8 Å². The van der Waals surface area contributed by atoms with E-state index in [9.17, 15) is 4.79 Å². The van der Waals surface area contributed by atoms with E-state index in [0.29, 0.717) is 18.9 Å². The van der Waals surface area contributed by atoms with E-state index in [4.69, 9.17) is 0 Å². The summed E-state index contributed by atoms with van der Waals surface area (Å²) in [6.07, 6.45) is 4.38. The summed E-state index contributed by atoms with van der Waals surface area (Å²) >= 11 is 3.51. The third-order valence-corrected chi connectivity index (χ3v) is 5.35. The fraction of sp³-hybridized carbons (Fsp3) is 0.412. The normalized spacial score (nSPS) is 11.1. The first kappa shape index (κ1) is 18.4. The van der Waals surface area contributed by atoms with Crippen molar-refractivity contribution in [2.24, 2.45) is 0 Å². The number of hydrogen-bond donors (Lipinski definition) is 1. The Morgan fingerprint density at radius 3 is 2.65 bits per heavy atom. The number of rotatable bonds is 7. The maximum atomic E-state index is 12.2. The highest BCUT2D eigenvalue weighted by molar-refractivity contribution is 9.10. The fourth-order valence-corrected chi connectivity index (χ4v) is 2.95. The molecule has 3 rings (SSSR count). The zero-order chi connectivity index (χ0) is 18.7. The van der Waals surface area contributed by atoms with Gasteiger partial charge >= 0.3 is 0 Å². The summed E-state index contributed by atoms with van der Waals surface area (Å²) in [5.41, 5.74) is 3.48. The molecule has 3 heterocycles. The number of carbonyl (C=O) groups is 1. The summed E-state index contributed by atoms with van der Waals surface area (Å²) in [7, 11) is 0. The zero-order valence-corrected chi connectivity index (χ0v) is 16.7. The van der Waals surface area contributed by atoms with Crippen LogP contribution in [0.25, 0.3) is 0 Å². The zero-order valence-electron chi connectivity index (χ0n) is 15.1. The van der Waals surface area contributed by atoms with Gasteiger partial charge in [0.2, 0.25) is 0 Å². The molecule has 3 aromatic rings. The maximum absolute atomic E-state index is 12.2. The van der Waals surface area contributed by atoms with E-state index in [1.54, 1.807) is 23.1 Å². The van der Waals surface area contributed by atoms with Crippen LogP contribution in [0.2, 0.25) is 0 Å². The van der Waals surface area contributed by atoms with Crippen LogP contribution in [0.5, 0.6) is 0 Å². The molecule has 0 spiro atoms. The Morgan fingerprint density at radius 1 is 1.19 bits per heavy atom. The van der Waals surface area contributed by atoms with Gasteiger partial charge in [-0.3, -0.25) is 14.2 Å². The topological polar surface area (TPSA) is 82.6 Å². The predicted molar refractivity (Wildman–Crippen MR) is 101 cm³/mol. The van der Waals surface area contributed by atoms with Crippen molar-refractivity contribution in [3.05, 3.63) is 51.8 Å². The smallest absolute Gasteiger partial charge is 0.271 e. The quantitative estimate of drug-likeness (QED) is 0.595. The number of hydrogen-bond acceptors (Lipinski definition) is 4. The van der Waals surface area contributed by atoms with Gasteiger partial charge in [0.05, 0.1) is 15.9 Å². The lowest BCUT2D eigenvalue weighted by molar-refractivity contribution is 0.0946. The van der Waals surface area contributed by atoms with E-state index >= 15 is 0 Å². The molecular weight excluding hydrogens is 398 g/mol. The molecular formula is C17H22BrN7O. The molecule has 0 saturated heterocycles. The van der Waals surface area contributed by atoms with Gasteiger partial charge in [-0.2, -0.15) is 15.3 Å². The summed E-state index contributed by atoms with van der Waals surface area (Å²) < 4.78 is 6.47. The highest BCUT2D eigenvalue weighted by Gasteiger charge is 2.12. The molecule has 3 aromatic heterocycles. The Labute approximate surface area is 160 Å². The van der Waals surface area contributed by atoms with Gasteiger partial charge in [0.25, 0.3) is 5.91 Å². The number of nitrogens with zero attached hydrogens (tertiary/aromatic N) is 6. The molecule has 0 aromatic carbocycles. The lowest BCUT2D eigenvalue weighted by Gasteiger charge is -2.06. The summed E-state index contributed by atoms with van der Waals surface area (Å²) in [5.74, 6) is -0.171. The minimum atomic E-state index is -0.171. The molecule has 0 aliphatic heterocycles. The van der Waals surface area contributed by atoms with Crippen molar-refractivity contribution >= 4 is 21.8 Å². The van der Waals surface area contributed by atoms with Crippen molar-refractivity contribution in [1.82, 2.24) is 34.7 Å². The van der Waals surface area contributed by atoms with Gasteiger partial charge in [-0.05, 0) is 55.3 Å². The minimum absolute atomic E-state index is 0.171. The van der Waals surface area contributed by atoms with Gasteiger partial charge in [-0.1, -0.05) is 0 Å². The Balaban J connectivity index is 1.51. The summed E-state index contributed by atoms with van der Waals surface area (Å²) in [4.78, 5) is 12.2. The van der Waals surface area contributed by atoms with Crippen LogP contribution in [-0.2, 0) is 13.2 Å². The third-order valence-electron chi connectivity index (χ3n) is 4.21. The number of amides is 1. The molecule has 8 nitrogen and oxygen atoms in total. The standard InChI is InChI=1S/C17H22BrN7O/c1-12-5-8-20-24(12)9-4-7-19-17(26)15-6-10-23(22-15)11-25-14(3)16(18)13(2)21-25/h5-6,8,10H,4,7,9,11H2,1-3H3,(H,19,26). The van der Waals surface area contributed by atoms with Crippen LogP contribution in [0.4, 0.5) is 0 Å². The van der Waals surface area contributed by atoms with Crippen LogP contribution in [0.1, 0.15) is 34.0 Å². The predicted octanol–water partition coefficient (Wildman–Crippen LogP) is 2.29. The number of halogens is 1. The largest absolute Gasteiger partial charge is 0.351 e. The monoisotopic (exact) mass is 419 g/mol. The van der Waals surface area contributed by atoms with Crippen molar-refractivity contribution < 1.29 is 4.79 Å². The minimum Gasteiger partial charge on any atom is -0.351 e. The van der Waals surface area contributed by atoms with E-state index in [1.807, 2.05) is 36.2 Å². The molecule has 1 N–H and O–H groups in total. The second-order valence-electron chi connectivity index (χ2n) is 6.17. The Hall–Kier alpha value is -2.42. The molecule has 0 aliphatic carbocycles. The van der Waals surface area contributed by atoms with Gasteiger partial charge < -0.3 is 5.32 Å². The number of aromatic nitrogens is 6. The first-order chi connectivity index (χ1) is 12.5. The Bertz CT molecular complexity index is 908. The first-order valence-corrected chi connectivity index (χ1v) is 9.24. The average molecular weight is 420 g/mol. The molecule has 0 unspecified atom stereocenters. The van der Waals surface area contributed by atoms with Crippen molar-refractivity contribution in [2.75, 3.05) is 6.54 Å². The molecule has 1 amide bonds. The SMILES string of the molecule is Cc1nn(Cn2ccc(C(=O)NCCCn3nccc3C)n2)c(C)c1Br. The summed E-state index contributed by atoms with van der Waals surface area (Å²) in [6, 6.07) is 3.68. The average Bonchev–Trinajstić information content (AvgIpc) is 3.30. The molecule has 9 heteroatoms. The van der Waals surface area contributed by atoms with Crippen molar-refractivity contribution in [2.45, 2.75) is 40.4 Å². The molecule has 0 aliphatic rings. The van der Waals surface area contributed by atoms with Gasteiger partial charge in [0.15, 0.2) is 0 Å². The molecule has 26 heavy (non-hydrogen) atoms. The molecule has 138 valence electrons.